The fraction of sp³-hybridized carbons (Fsp3) is 0.900. The van der Waals surface area contributed by atoms with E-state index in [1.807, 2.05) is 0 Å². The monoisotopic (exact) mass is 328 g/mol. The third-order valence-corrected chi connectivity index (χ3v) is 3.56. The second kappa shape index (κ2) is 6.83. The topological polar surface area (TPSA) is 37.3 Å². The Bertz CT molecular complexity index is 179. The number of aliphatic carboxylic acids is 1. The maximum atomic E-state index is 10.7. The molecular weight excluding hydrogens is 312 g/mol. The molecule has 0 bridgehead atoms. The number of carbonyl (C=O) groups is 1. The van der Waals surface area contributed by atoms with Crippen LogP contribution in [0.15, 0.2) is 0 Å². The summed E-state index contributed by atoms with van der Waals surface area (Å²) in [6.07, 6.45) is 5.08. The van der Waals surface area contributed by atoms with Crippen molar-refractivity contribution in [1.29, 1.82) is 0 Å². The zero-order valence-electron chi connectivity index (χ0n) is 8.72. The van der Waals surface area contributed by atoms with Gasteiger partial charge in [0.05, 0.1) is 0 Å². The highest BCUT2D eigenvalue weighted by Crippen LogP contribution is 2.32. The lowest BCUT2D eigenvalue weighted by atomic mass is 10.0. The van der Waals surface area contributed by atoms with Gasteiger partial charge in [-0.15, -0.1) is 0 Å². The molecule has 0 amide bonds. The molecule has 84 valence electrons. The molecule has 4 heteroatoms. The Morgan fingerprint density at radius 2 is 1.86 bits per heavy atom. The Balaban J connectivity index is 3.49. The standard InChI is InChI=1S/C10H18Br2O2/c1-8(2)6-4-3-5-7-10(11,12)9(13)14/h8H,3-7H2,1-2H3,(H,13,14). The molecule has 0 aliphatic heterocycles. The van der Waals surface area contributed by atoms with Crippen LogP contribution >= 0.6 is 31.9 Å². The lowest BCUT2D eigenvalue weighted by Gasteiger charge is -2.14. The first-order chi connectivity index (χ1) is 6.36. The van der Waals surface area contributed by atoms with Gasteiger partial charge in [0.25, 0.3) is 0 Å². The van der Waals surface area contributed by atoms with Crippen molar-refractivity contribution in [3.63, 3.8) is 0 Å². The molecule has 0 aromatic heterocycles. The molecule has 0 saturated heterocycles. The minimum atomic E-state index is -0.919. The number of halogens is 2. The number of rotatable bonds is 7. The first-order valence-corrected chi connectivity index (χ1v) is 6.56. The number of hydrogen-bond donors (Lipinski definition) is 1. The van der Waals surface area contributed by atoms with E-state index in [0.717, 1.165) is 18.8 Å². The largest absolute Gasteiger partial charge is 0.480 e. The van der Waals surface area contributed by atoms with Crippen LogP contribution in [-0.2, 0) is 4.79 Å². The van der Waals surface area contributed by atoms with E-state index in [2.05, 4.69) is 45.7 Å². The first-order valence-electron chi connectivity index (χ1n) is 4.97. The van der Waals surface area contributed by atoms with E-state index in [4.69, 9.17) is 5.11 Å². The number of carboxylic acid groups (broad SMARTS) is 1. The zero-order valence-corrected chi connectivity index (χ0v) is 11.9. The van der Waals surface area contributed by atoms with Crippen molar-refractivity contribution in [2.24, 2.45) is 5.92 Å². The molecule has 14 heavy (non-hydrogen) atoms. The molecule has 0 aromatic rings. The van der Waals surface area contributed by atoms with Gasteiger partial charge < -0.3 is 5.11 Å². The summed E-state index contributed by atoms with van der Waals surface area (Å²) in [5.41, 5.74) is 0. The average molecular weight is 330 g/mol. The van der Waals surface area contributed by atoms with Crippen LogP contribution in [-0.4, -0.2) is 14.3 Å². The number of carboxylic acids is 1. The molecule has 0 aliphatic carbocycles. The summed E-state index contributed by atoms with van der Waals surface area (Å²) >= 11 is 6.29. The normalized spacial score (nSPS) is 12.1. The van der Waals surface area contributed by atoms with E-state index >= 15 is 0 Å². The van der Waals surface area contributed by atoms with Crippen molar-refractivity contribution in [1.82, 2.24) is 0 Å². The van der Waals surface area contributed by atoms with Gasteiger partial charge in [0.15, 0.2) is 3.23 Å². The summed E-state index contributed by atoms with van der Waals surface area (Å²) < 4.78 is -0.919. The van der Waals surface area contributed by atoms with E-state index in [0.29, 0.717) is 6.42 Å². The van der Waals surface area contributed by atoms with Crippen molar-refractivity contribution >= 4 is 37.8 Å². The van der Waals surface area contributed by atoms with Gasteiger partial charge in [0, 0.05) is 0 Å². The Hall–Kier alpha value is 0.430. The Morgan fingerprint density at radius 3 is 2.29 bits per heavy atom. The number of hydrogen-bond acceptors (Lipinski definition) is 1. The predicted octanol–water partition coefficient (Wildman–Crippen LogP) is 4.16. The van der Waals surface area contributed by atoms with Crippen LogP contribution < -0.4 is 0 Å². The highest BCUT2D eigenvalue weighted by atomic mass is 79.9. The van der Waals surface area contributed by atoms with E-state index in [-0.39, 0.29) is 0 Å². The van der Waals surface area contributed by atoms with Gasteiger partial charge in [0.2, 0.25) is 0 Å². The molecule has 0 aliphatic rings. The molecule has 1 N–H and O–H groups in total. The van der Waals surface area contributed by atoms with Crippen LogP contribution in [0.5, 0.6) is 0 Å². The van der Waals surface area contributed by atoms with Crippen LogP contribution in [0, 0.1) is 5.92 Å². The second-order valence-electron chi connectivity index (χ2n) is 4.00. The number of alkyl halides is 2. The SMILES string of the molecule is CC(C)CCCCCC(Br)(Br)C(=O)O. The van der Waals surface area contributed by atoms with Crippen molar-refractivity contribution in [3.05, 3.63) is 0 Å². The summed E-state index contributed by atoms with van der Waals surface area (Å²) in [4.78, 5) is 10.7. The summed E-state index contributed by atoms with van der Waals surface area (Å²) in [5.74, 6) is -0.103. The molecular formula is C10H18Br2O2. The van der Waals surface area contributed by atoms with Crippen molar-refractivity contribution < 1.29 is 9.90 Å². The van der Waals surface area contributed by atoms with Gasteiger partial charge in [0.1, 0.15) is 0 Å². The van der Waals surface area contributed by atoms with E-state index in [1.165, 1.54) is 12.8 Å². The summed E-state index contributed by atoms with van der Waals surface area (Å²) in [5, 5.41) is 8.79. The smallest absolute Gasteiger partial charge is 0.331 e. The molecule has 0 fully saturated rings. The Kier molecular flexibility index (Phi) is 7.04. The van der Waals surface area contributed by atoms with Gasteiger partial charge in [-0.05, 0) is 12.3 Å². The third-order valence-electron chi connectivity index (χ3n) is 2.09. The van der Waals surface area contributed by atoms with Gasteiger partial charge in [-0.1, -0.05) is 71.4 Å². The molecule has 0 aromatic carbocycles. The van der Waals surface area contributed by atoms with Gasteiger partial charge in [-0.25, -0.2) is 4.79 Å². The fourth-order valence-corrected chi connectivity index (χ4v) is 1.74. The third kappa shape index (κ3) is 6.82. The van der Waals surface area contributed by atoms with Crippen LogP contribution in [0.3, 0.4) is 0 Å². The lowest BCUT2D eigenvalue weighted by Crippen LogP contribution is -2.23. The summed E-state index contributed by atoms with van der Waals surface area (Å²) in [6.45, 7) is 4.41. The van der Waals surface area contributed by atoms with Gasteiger partial charge >= 0.3 is 5.97 Å². The van der Waals surface area contributed by atoms with Gasteiger partial charge in [-0.3, -0.25) is 0 Å². The highest BCUT2D eigenvalue weighted by Gasteiger charge is 2.30. The summed E-state index contributed by atoms with van der Waals surface area (Å²) in [7, 11) is 0. The van der Waals surface area contributed by atoms with E-state index in [1.54, 1.807) is 0 Å². The molecule has 0 unspecified atom stereocenters. The van der Waals surface area contributed by atoms with E-state index < -0.39 is 9.20 Å². The molecule has 2 nitrogen and oxygen atoms in total. The minimum Gasteiger partial charge on any atom is -0.480 e. The summed E-state index contributed by atoms with van der Waals surface area (Å²) in [6, 6.07) is 0. The molecule has 0 atom stereocenters. The van der Waals surface area contributed by atoms with E-state index in [9.17, 15) is 4.79 Å². The molecule has 0 saturated carbocycles. The molecule has 0 spiro atoms. The molecule has 0 radical (unpaired) electrons. The maximum Gasteiger partial charge on any atom is 0.331 e. The van der Waals surface area contributed by atoms with Crippen LogP contribution in [0.1, 0.15) is 46.0 Å². The quantitative estimate of drug-likeness (QED) is 0.562. The van der Waals surface area contributed by atoms with Crippen molar-refractivity contribution in [2.45, 2.75) is 49.2 Å². The fourth-order valence-electron chi connectivity index (χ4n) is 1.18. The zero-order chi connectivity index (χ0) is 11.2. The highest BCUT2D eigenvalue weighted by molar-refractivity contribution is 9.25. The van der Waals surface area contributed by atoms with Crippen molar-refractivity contribution in [2.75, 3.05) is 0 Å². The second-order valence-corrected chi connectivity index (χ2v) is 7.77. The molecule has 0 rings (SSSR count). The van der Waals surface area contributed by atoms with Crippen molar-refractivity contribution in [3.8, 4) is 0 Å². The number of unbranched alkanes of at least 4 members (excludes halogenated alkanes) is 2. The first kappa shape index (κ1) is 14.4. The predicted molar refractivity (Wildman–Crippen MR) is 66.1 cm³/mol. The van der Waals surface area contributed by atoms with Crippen LogP contribution in [0.25, 0.3) is 0 Å². The van der Waals surface area contributed by atoms with Crippen LogP contribution in [0.2, 0.25) is 0 Å². The lowest BCUT2D eigenvalue weighted by molar-refractivity contribution is -0.137. The van der Waals surface area contributed by atoms with Gasteiger partial charge in [-0.2, -0.15) is 0 Å². The Morgan fingerprint density at radius 1 is 1.29 bits per heavy atom. The average Bonchev–Trinajstić information content (AvgIpc) is 2.02. The van der Waals surface area contributed by atoms with Crippen LogP contribution in [0.4, 0.5) is 0 Å². The maximum absolute atomic E-state index is 10.7. The Labute approximate surface area is 103 Å². The minimum absolute atomic E-state index is 0.625. The molecule has 0 heterocycles.